The third-order valence-corrected chi connectivity index (χ3v) is 8.32. The van der Waals surface area contributed by atoms with Gasteiger partial charge in [-0.2, -0.15) is 44.3 Å². The monoisotopic (exact) mass is 694 g/mol. The number of alkyl halides is 9. The Labute approximate surface area is 270 Å². The minimum absolute atomic E-state index is 0.0248. The number of carbonyl (C=O) groups is 1. The van der Waals surface area contributed by atoms with E-state index in [1.165, 1.54) is 32.0 Å². The molecule has 1 aliphatic heterocycles. The molecule has 264 valence electrons. The molecule has 1 aromatic heterocycles. The second-order valence-corrected chi connectivity index (χ2v) is 12.7. The van der Waals surface area contributed by atoms with Crippen molar-refractivity contribution in [3.63, 3.8) is 0 Å². The Morgan fingerprint density at radius 2 is 1.58 bits per heavy atom. The normalized spacial score (nSPS) is 16.0. The zero-order valence-corrected chi connectivity index (χ0v) is 26.8. The van der Waals surface area contributed by atoms with E-state index in [9.17, 15) is 44.3 Å². The van der Waals surface area contributed by atoms with Crippen molar-refractivity contribution in [3.8, 4) is 0 Å². The van der Waals surface area contributed by atoms with E-state index in [4.69, 9.17) is 4.74 Å². The van der Waals surface area contributed by atoms with Gasteiger partial charge in [0.2, 0.25) is 0 Å². The number of benzene rings is 2. The standard InChI is InChI=1S/C31H35F9N6O2/c1-18-11-22-24(7-6-9-45(25(22)15-23(18)31(38,39)40)10-8-28(2,3)16-26(47)48-5)46(27-41-43-44(4)42-27)17-19-12-20(29(32,33)34)14-21(13-19)30(35,36)37/h11-15,24H,6-10,16-17H2,1-5H3/t24-/m0/s1. The van der Waals surface area contributed by atoms with Gasteiger partial charge in [0, 0.05) is 25.3 Å². The highest BCUT2D eigenvalue weighted by Crippen LogP contribution is 2.44. The number of aryl methyl sites for hydroxylation is 2. The molecule has 0 saturated heterocycles. The SMILES string of the molecule is COC(=O)CC(C)(C)CCN1CCC[C@H](N(Cc2cc(C(F)(F)F)cc(C(F)(F)F)c2)c2nnn(C)n2)c2cc(C)c(C(F)(F)F)cc21. The van der Waals surface area contributed by atoms with E-state index < -0.39 is 59.2 Å². The van der Waals surface area contributed by atoms with Crippen LogP contribution in [-0.2, 0) is 41.7 Å². The fourth-order valence-corrected chi connectivity index (χ4v) is 5.88. The highest BCUT2D eigenvalue weighted by molar-refractivity contribution is 5.70. The van der Waals surface area contributed by atoms with Gasteiger partial charge in [0.25, 0.3) is 5.95 Å². The first kappa shape index (κ1) is 36.8. The highest BCUT2D eigenvalue weighted by atomic mass is 19.4. The van der Waals surface area contributed by atoms with Crippen molar-refractivity contribution in [3.05, 3.63) is 63.7 Å². The van der Waals surface area contributed by atoms with E-state index >= 15 is 0 Å². The number of ether oxygens (including phenoxy) is 1. The van der Waals surface area contributed by atoms with Crippen molar-refractivity contribution in [2.75, 3.05) is 30.0 Å². The molecule has 0 unspecified atom stereocenters. The molecule has 3 aromatic rings. The van der Waals surface area contributed by atoms with Gasteiger partial charge in [-0.3, -0.25) is 4.79 Å². The number of carbonyl (C=O) groups excluding carboxylic acids is 1. The first-order chi connectivity index (χ1) is 22.1. The number of halogens is 9. The Hall–Kier alpha value is -4.05. The minimum atomic E-state index is -5.09. The number of hydrogen-bond acceptors (Lipinski definition) is 7. The fraction of sp³-hybridized carbons (Fsp3) is 0.548. The maximum absolute atomic E-state index is 14.2. The number of anilines is 2. The summed E-state index contributed by atoms with van der Waals surface area (Å²) < 4.78 is 130. The van der Waals surface area contributed by atoms with Crippen molar-refractivity contribution in [1.29, 1.82) is 0 Å². The fourth-order valence-electron chi connectivity index (χ4n) is 5.88. The molecule has 0 amide bonds. The third-order valence-electron chi connectivity index (χ3n) is 8.32. The average molecular weight is 695 g/mol. The summed E-state index contributed by atoms with van der Waals surface area (Å²) in [5.41, 5.74) is -4.41. The van der Waals surface area contributed by atoms with Crippen molar-refractivity contribution < 1.29 is 49.0 Å². The van der Waals surface area contributed by atoms with Gasteiger partial charge < -0.3 is 14.5 Å². The van der Waals surface area contributed by atoms with E-state index in [0.717, 1.165) is 10.9 Å². The predicted molar refractivity (Wildman–Crippen MR) is 157 cm³/mol. The van der Waals surface area contributed by atoms with Crippen LogP contribution in [0.3, 0.4) is 0 Å². The van der Waals surface area contributed by atoms with Crippen LogP contribution in [0.15, 0.2) is 30.3 Å². The second kappa shape index (κ2) is 13.5. The van der Waals surface area contributed by atoms with Gasteiger partial charge in [0.1, 0.15) is 0 Å². The molecule has 0 bridgehead atoms. The Morgan fingerprint density at radius 3 is 2.10 bits per heavy atom. The number of nitrogens with zero attached hydrogens (tertiary/aromatic N) is 6. The molecular weight excluding hydrogens is 659 g/mol. The number of aromatic nitrogens is 4. The van der Waals surface area contributed by atoms with Gasteiger partial charge in [-0.25, -0.2) is 0 Å². The van der Waals surface area contributed by atoms with Gasteiger partial charge in [-0.05, 0) is 77.8 Å². The summed E-state index contributed by atoms with van der Waals surface area (Å²) in [5.74, 6) is -0.577. The molecule has 0 spiro atoms. The maximum Gasteiger partial charge on any atom is 0.416 e. The summed E-state index contributed by atoms with van der Waals surface area (Å²) in [7, 11) is 2.67. The molecule has 1 atom stereocenters. The van der Waals surface area contributed by atoms with Crippen LogP contribution < -0.4 is 9.80 Å². The molecule has 0 saturated carbocycles. The lowest BCUT2D eigenvalue weighted by Crippen LogP contribution is -2.32. The number of esters is 1. The van der Waals surface area contributed by atoms with Crippen molar-refractivity contribution in [2.24, 2.45) is 12.5 Å². The Balaban J connectivity index is 1.86. The molecule has 0 aliphatic carbocycles. The molecule has 1 aliphatic rings. The summed E-state index contributed by atoms with van der Waals surface area (Å²) in [5, 5.41) is 11.9. The van der Waals surface area contributed by atoms with Gasteiger partial charge in [-0.15, -0.1) is 5.10 Å². The van der Waals surface area contributed by atoms with Crippen LogP contribution in [0.1, 0.15) is 79.0 Å². The predicted octanol–water partition coefficient (Wildman–Crippen LogP) is 7.90. The van der Waals surface area contributed by atoms with Crippen molar-refractivity contribution in [1.82, 2.24) is 20.2 Å². The third kappa shape index (κ3) is 8.69. The van der Waals surface area contributed by atoms with E-state index in [2.05, 4.69) is 15.4 Å². The Morgan fingerprint density at radius 1 is 0.958 bits per heavy atom. The first-order valence-electron chi connectivity index (χ1n) is 14.9. The van der Waals surface area contributed by atoms with E-state index in [0.29, 0.717) is 30.5 Å². The number of methoxy groups -OCH3 is 1. The van der Waals surface area contributed by atoms with Crippen LogP contribution >= 0.6 is 0 Å². The Bertz CT molecular complexity index is 1580. The second-order valence-electron chi connectivity index (χ2n) is 12.7. The summed E-state index contributed by atoms with van der Waals surface area (Å²) in [4.78, 5) is 16.2. The molecule has 17 heteroatoms. The van der Waals surface area contributed by atoms with Gasteiger partial charge in [0.05, 0.1) is 43.3 Å². The molecule has 4 rings (SSSR count). The zero-order valence-electron chi connectivity index (χ0n) is 26.8. The van der Waals surface area contributed by atoms with Crippen LogP contribution in [0.5, 0.6) is 0 Å². The summed E-state index contributed by atoms with van der Waals surface area (Å²) in [6.45, 7) is 4.91. The average Bonchev–Trinajstić information content (AvgIpc) is 3.31. The first-order valence-corrected chi connectivity index (χ1v) is 14.9. The summed E-state index contributed by atoms with van der Waals surface area (Å²) >= 11 is 0. The molecular formula is C31H35F9N6O2. The lowest BCUT2D eigenvalue weighted by atomic mass is 9.85. The van der Waals surface area contributed by atoms with Gasteiger partial charge in [0.15, 0.2) is 0 Å². The lowest BCUT2D eigenvalue weighted by molar-refractivity contribution is -0.144. The van der Waals surface area contributed by atoms with Crippen LogP contribution in [-0.4, -0.2) is 46.4 Å². The molecule has 0 N–H and O–H groups in total. The molecule has 0 fully saturated rings. The summed E-state index contributed by atoms with van der Waals surface area (Å²) in [6.07, 6.45) is -13.8. The van der Waals surface area contributed by atoms with Crippen molar-refractivity contribution >= 4 is 17.6 Å². The number of rotatable bonds is 9. The molecule has 2 aromatic carbocycles. The van der Waals surface area contributed by atoms with Gasteiger partial charge >= 0.3 is 24.5 Å². The zero-order chi connectivity index (χ0) is 35.8. The molecule has 2 heterocycles. The topological polar surface area (TPSA) is 76.4 Å². The summed E-state index contributed by atoms with van der Waals surface area (Å²) in [6, 6.07) is 2.72. The molecule has 48 heavy (non-hydrogen) atoms. The van der Waals surface area contributed by atoms with E-state index in [-0.39, 0.29) is 54.8 Å². The number of fused-ring (bicyclic) bond motifs is 1. The van der Waals surface area contributed by atoms with Crippen LogP contribution in [0, 0.1) is 12.3 Å². The van der Waals surface area contributed by atoms with Crippen LogP contribution in [0.25, 0.3) is 0 Å². The smallest absolute Gasteiger partial charge is 0.416 e. The van der Waals surface area contributed by atoms with Gasteiger partial charge in [-0.1, -0.05) is 25.0 Å². The number of tetrazole rings is 1. The minimum Gasteiger partial charge on any atom is -0.469 e. The van der Waals surface area contributed by atoms with Crippen molar-refractivity contribution in [2.45, 2.75) is 77.6 Å². The van der Waals surface area contributed by atoms with Crippen LogP contribution in [0.4, 0.5) is 51.1 Å². The highest BCUT2D eigenvalue weighted by Gasteiger charge is 2.39. The van der Waals surface area contributed by atoms with E-state index in [1.54, 1.807) is 4.90 Å². The van der Waals surface area contributed by atoms with Crippen LogP contribution in [0.2, 0.25) is 0 Å². The maximum atomic E-state index is 14.2. The Kier molecular flexibility index (Phi) is 10.3. The molecule has 8 nitrogen and oxygen atoms in total. The van der Waals surface area contributed by atoms with E-state index in [1.807, 2.05) is 13.8 Å². The number of hydrogen-bond donors (Lipinski definition) is 0. The lowest BCUT2D eigenvalue weighted by Gasteiger charge is -2.34. The quantitative estimate of drug-likeness (QED) is 0.167. The molecule has 0 radical (unpaired) electrons. The largest absolute Gasteiger partial charge is 0.469 e.